The standard InChI is InChI=1S/C11H12N4O3/c1-6-3-4-13-8(5-6)9-14-10(18-15-9)7(2)17-11(12)16/h3-5,7H,1-2H3,(H2,12,16)/t7-/m0/s1. The third kappa shape index (κ3) is 2.62. The number of aryl methyl sites for hydroxylation is 1. The topological polar surface area (TPSA) is 104 Å². The van der Waals surface area contributed by atoms with Crippen molar-refractivity contribution in [2.24, 2.45) is 5.73 Å². The Balaban J connectivity index is 2.22. The van der Waals surface area contributed by atoms with Crippen molar-refractivity contribution in [2.75, 3.05) is 0 Å². The molecule has 1 amide bonds. The summed E-state index contributed by atoms with van der Waals surface area (Å²) in [6, 6.07) is 3.69. The van der Waals surface area contributed by atoms with Gasteiger partial charge in [-0.3, -0.25) is 4.98 Å². The van der Waals surface area contributed by atoms with Crippen LogP contribution in [-0.4, -0.2) is 21.2 Å². The molecule has 0 aliphatic heterocycles. The van der Waals surface area contributed by atoms with Crippen LogP contribution in [0.4, 0.5) is 4.79 Å². The van der Waals surface area contributed by atoms with Crippen molar-refractivity contribution < 1.29 is 14.1 Å². The second-order valence-corrected chi connectivity index (χ2v) is 3.75. The van der Waals surface area contributed by atoms with Crippen molar-refractivity contribution >= 4 is 6.09 Å². The van der Waals surface area contributed by atoms with Crippen molar-refractivity contribution in [3.8, 4) is 11.5 Å². The predicted molar refractivity (Wildman–Crippen MR) is 61.3 cm³/mol. The quantitative estimate of drug-likeness (QED) is 0.884. The smallest absolute Gasteiger partial charge is 0.405 e. The first-order valence-electron chi connectivity index (χ1n) is 5.29. The second kappa shape index (κ2) is 4.82. The fourth-order valence-corrected chi connectivity index (χ4v) is 1.39. The van der Waals surface area contributed by atoms with Gasteiger partial charge in [-0.2, -0.15) is 4.98 Å². The maximum absolute atomic E-state index is 10.6. The van der Waals surface area contributed by atoms with Crippen molar-refractivity contribution in [2.45, 2.75) is 20.0 Å². The molecule has 0 bridgehead atoms. The fourth-order valence-electron chi connectivity index (χ4n) is 1.39. The molecule has 0 aliphatic carbocycles. The molecule has 0 fully saturated rings. The fraction of sp³-hybridized carbons (Fsp3) is 0.273. The van der Waals surface area contributed by atoms with E-state index in [0.717, 1.165) is 5.56 Å². The molecule has 2 aromatic rings. The zero-order valence-electron chi connectivity index (χ0n) is 9.95. The number of ether oxygens (including phenoxy) is 1. The van der Waals surface area contributed by atoms with E-state index in [1.54, 1.807) is 13.1 Å². The Kier molecular flexibility index (Phi) is 3.22. The molecule has 0 aliphatic rings. The second-order valence-electron chi connectivity index (χ2n) is 3.75. The highest BCUT2D eigenvalue weighted by molar-refractivity contribution is 5.64. The van der Waals surface area contributed by atoms with Crippen LogP contribution in [0.3, 0.4) is 0 Å². The maximum Gasteiger partial charge on any atom is 0.405 e. The van der Waals surface area contributed by atoms with Crippen LogP contribution in [-0.2, 0) is 4.74 Å². The summed E-state index contributed by atoms with van der Waals surface area (Å²) >= 11 is 0. The first kappa shape index (κ1) is 12.0. The predicted octanol–water partition coefficient (Wildman–Crippen LogP) is 1.60. The minimum absolute atomic E-state index is 0.173. The Hall–Kier alpha value is -2.44. The van der Waals surface area contributed by atoms with E-state index in [0.29, 0.717) is 11.5 Å². The van der Waals surface area contributed by atoms with Crippen LogP contribution in [0.25, 0.3) is 11.5 Å². The van der Waals surface area contributed by atoms with E-state index in [1.807, 2.05) is 19.1 Å². The SMILES string of the molecule is Cc1ccnc(-c2noc([C@H](C)OC(N)=O)n2)c1. The van der Waals surface area contributed by atoms with Crippen LogP contribution in [0.2, 0.25) is 0 Å². The van der Waals surface area contributed by atoms with E-state index in [9.17, 15) is 4.79 Å². The van der Waals surface area contributed by atoms with Crippen LogP contribution >= 0.6 is 0 Å². The number of rotatable bonds is 3. The van der Waals surface area contributed by atoms with Gasteiger partial charge < -0.3 is 15.0 Å². The third-order valence-corrected chi connectivity index (χ3v) is 2.23. The summed E-state index contributed by atoms with van der Waals surface area (Å²) in [5.41, 5.74) is 6.53. The molecule has 0 radical (unpaired) electrons. The molecular weight excluding hydrogens is 236 g/mol. The van der Waals surface area contributed by atoms with E-state index < -0.39 is 12.2 Å². The normalized spacial score (nSPS) is 12.1. The minimum Gasteiger partial charge on any atom is -0.437 e. The highest BCUT2D eigenvalue weighted by Gasteiger charge is 2.18. The number of carbonyl (C=O) groups is 1. The Morgan fingerprint density at radius 3 is 3.00 bits per heavy atom. The van der Waals surface area contributed by atoms with Crippen molar-refractivity contribution in [3.05, 3.63) is 29.8 Å². The molecule has 1 atom stereocenters. The lowest BCUT2D eigenvalue weighted by Gasteiger charge is -2.04. The highest BCUT2D eigenvalue weighted by atomic mass is 16.6. The first-order chi connectivity index (χ1) is 8.56. The molecule has 18 heavy (non-hydrogen) atoms. The van der Waals surface area contributed by atoms with Crippen LogP contribution in [0.1, 0.15) is 24.5 Å². The van der Waals surface area contributed by atoms with Gasteiger partial charge in [-0.25, -0.2) is 4.79 Å². The zero-order valence-corrected chi connectivity index (χ0v) is 9.95. The Labute approximate surface area is 103 Å². The van der Waals surface area contributed by atoms with Gasteiger partial charge in [0, 0.05) is 6.20 Å². The Morgan fingerprint density at radius 2 is 2.33 bits per heavy atom. The lowest BCUT2D eigenvalue weighted by Crippen LogP contribution is -2.15. The molecule has 2 rings (SSSR count). The van der Waals surface area contributed by atoms with Gasteiger partial charge in [-0.15, -0.1) is 0 Å². The summed E-state index contributed by atoms with van der Waals surface area (Å²) in [5.74, 6) is 0.515. The number of aromatic nitrogens is 3. The molecule has 0 spiro atoms. The third-order valence-electron chi connectivity index (χ3n) is 2.23. The number of carbonyl (C=O) groups excluding carboxylic acids is 1. The molecule has 0 saturated carbocycles. The molecule has 7 nitrogen and oxygen atoms in total. The van der Waals surface area contributed by atoms with Gasteiger partial charge >= 0.3 is 6.09 Å². The number of amides is 1. The Morgan fingerprint density at radius 1 is 1.56 bits per heavy atom. The molecule has 7 heteroatoms. The van der Waals surface area contributed by atoms with Gasteiger partial charge in [0.15, 0.2) is 6.10 Å². The summed E-state index contributed by atoms with van der Waals surface area (Å²) < 4.78 is 9.72. The summed E-state index contributed by atoms with van der Waals surface area (Å²) in [6.07, 6.45) is 0.0776. The molecule has 2 aromatic heterocycles. The average molecular weight is 248 g/mol. The van der Waals surface area contributed by atoms with E-state index >= 15 is 0 Å². The monoisotopic (exact) mass is 248 g/mol. The number of hydrogen-bond acceptors (Lipinski definition) is 6. The maximum atomic E-state index is 10.6. The summed E-state index contributed by atoms with van der Waals surface area (Å²) in [5, 5.41) is 3.78. The molecule has 2 heterocycles. The molecule has 0 unspecified atom stereocenters. The van der Waals surface area contributed by atoms with Crippen LogP contribution in [0, 0.1) is 6.92 Å². The van der Waals surface area contributed by atoms with Gasteiger partial charge in [0.25, 0.3) is 5.89 Å². The lowest BCUT2D eigenvalue weighted by atomic mass is 10.2. The summed E-state index contributed by atoms with van der Waals surface area (Å²) in [7, 11) is 0. The number of nitrogens with zero attached hydrogens (tertiary/aromatic N) is 3. The number of primary amides is 1. The molecule has 2 N–H and O–H groups in total. The van der Waals surface area contributed by atoms with Gasteiger partial charge in [-0.05, 0) is 31.5 Å². The van der Waals surface area contributed by atoms with E-state index in [-0.39, 0.29) is 5.89 Å². The largest absolute Gasteiger partial charge is 0.437 e. The number of pyridine rings is 1. The lowest BCUT2D eigenvalue weighted by molar-refractivity contribution is 0.0959. The summed E-state index contributed by atoms with van der Waals surface area (Å²) in [6.45, 7) is 3.52. The van der Waals surface area contributed by atoms with E-state index in [4.69, 9.17) is 15.0 Å². The molecule has 0 saturated heterocycles. The van der Waals surface area contributed by atoms with Gasteiger partial charge in [0.2, 0.25) is 5.82 Å². The van der Waals surface area contributed by atoms with Crippen molar-refractivity contribution in [1.29, 1.82) is 0 Å². The van der Waals surface area contributed by atoms with Gasteiger partial charge in [0.1, 0.15) is 5.69 Å². The Bertz CT molecular complexity index is 567. The van der Waals surface area contributed by atoms with Crippen molar-refractivity contribution in [3.63, 3.8) is 0 Å². The summed E-state index contributed by atoms with van der Waals surface area (Å²) in [4.78, 5) is 18.8. The zero-order chi connectivity index (χ0) is 13.1. The minimum atomic E-state index is -0.893. The number of hydrogen-bond donors (Lipinski definition) is 1. The van der Waals surface area contributed by atoms with E-state index in [2.05, 4.69) is 15.1 Å². The first-order valence-corrected chi connectivity index (χ1v) is 5.29. The van der Waals surface area contributed by atoms with Crippen molar-refractivity contribution in [1.82, 2.24) is 15.1 Å². The van der Waals surface area contributed by atoms with Gasteiger partial charge in [0.05, 0.1) is 0 Å². The molecule has 94 valence electrons. The average Bonchev–Trinajstić information content (AvgIpc) is 2.77. The van der Waals surface area contributed by atoms with Gasteiger partial charge in [-0.1, -0.05) is 5.16 Å². The van der Waals surface area contributed by atoms with Crippen LogP contribution in [0.15, 0.2) is 22.9 Å². The van der Waals surface area contributed by atoms with E-state index in [1.165, 1.54) is 0 Å². The number of nitrogens with two attached hydrogens (primary N) is 1. The van der Waals surface area contributed by atoms with Crippen LogP contribution < -0.4 is 5.73 Å². The molecular formula is C11H12N4O3. The van der Waals surface area contributed by atoms with Crippen LogP contribution in [0.5, 0.6) is 0 Å². The highest BCUT2D eigenvalue weighted by Crippen LogP contribution is 2.19. The molecule has 0 aromatic carbocycles.